The van der Waals surface area contributed by atoms with Crippen molar-refractivity contribution < 1.29 is 33.3 Å². The Morgan fingerprint density at radius 1 is 0.960 bits per heavy atom. The van der Waals surface area contributed by atoms with E-state index in [2.05, 4.69) is 0 Å². The van der Waals surface area contributed by atoms with Crippen molar-refractivity contribution in [3.05, 3.63) is 23.8 Å². The molecule has 0 fully saturated rings. The molecule has 0 N–H and O–H groups in total. The van der Waals surface area contributed by atoms with Crippen LogP contribution in [0.2, 0.25) is 0 Å². The third kappa shape index (κ3) is 6.62. The van der Waals surface area contributed by atoms with Crippen molar-refractivity contribution in [3.8, 4) is 11.5 Å². The SMILES string of the molecule is CCOC(OCC)C(=O)c1ccc(OC(=O)CCl)cc1OC(=O)CCl. The van der Waals surface area contributed by atoms with Crippen LogP contribution in [-0.4, -0.2) is 49.0 Å². The highest BCUT2D eigenvalue weighted by atomic mass is 35.5. The lowest BCUT2D eigenvalue weighted by atomic mass is 10.1. The minimum absolute atomic E-state index is 0.0241. The molecule has 0 aromatic heterocycles. The summed E-state index contributed by atoms with van der Waals surface area (Å²) in [5.74, 6) is -2.86. The van der Waals surface area contributed by atoms with E-state index in [9.17, 15) is 14.4 Å². The van der Waals surface area contributed by atoms with Gasteiger partial charge < -0.3 is 18.9 Å². The van der Waals surface area contributed by atoms with Crippen molar-refractivity contribution in [1.82, 2.24) is 0 Å². The predicted molar refractivity (Wildman–Crippen MR) is 90.5 cm³/mol. The van der Waals surface area contributed by atoms with Crippen LogP contribution >= 0.6 is 23.2 Å². The highest BCUT2D eigenvalue weighted by Crippen LogP contribution is 2.27. The second-order valence-corrected chi connectivity index (χ2v) is 5.01. The Morgan fingerprint density at radius 2 is 1.52 bits per heavy atom. The van der Waals surface area contributed by atoms with Crippen LogP contribution in [0, 0.1) is 0 Å². The topological polar surface area (TPSA) is 88.1 Å². The maximum atomic E-state index is 12.6. The Morgan fingerprint density at radius 3 is 2.04 bits per heavy atom. The third-order valence-electron chi connectivity index (χ3n) is 2.74. The summed E-state index contributed by atoms with van der Waals surface area (Å²) >= 11 is 10.8. The number of rotatable bonds is 10. The van der Waals surface area contributed by atoms with E-state index in [0.29, 0.717) is 0 Å². The molecule has 0 aliphatic rings. The first-order valence-corrected chi connectivity index (χ1v) is 8.48. The van der Waals surface area contributed by atoms with Crippen molar-refractivity contribution in [2.75, 3.05) is 25.0 Å². The minimum atomic E-state index is -1.15. The molecule has 25 heavy (non-hydrogen) atoms. The standard InChI is InChI=1S/C16H18Cl2O7/c1-3-22-16(23-4-2)15(21)11-6-5-10(24-13(19)8-17)7-12(11)25-14(20)9-18/h5-7,16H,3-4,8-9H2,1-2H3. The smallest absolute Gasteiger partial charge is 0.326 e. The first kappa shape index (κ1) is 21.4. The lowest BCUT2D eigenvalue weighted by molar-refractivity contribution is -0.132. The van der Waals surface area contributed by atoms with Gasteiger partial charge in [0, 0.05) is 19.3 Å². The van der Waals surface area contributed by atoms with Crippen molar-refractivity contribution in [2.45, 2.75) is 20.1 Å². The number of esters is 2. The zero-order valence-electron chi connectivity index (χ0n) is 13.8. The van der Waals surface area contributed by atoms with Crippen molar-refractivity contribution in [3.63, 3.8) is 0 Å². The quantitative estimate of drug-likeness (QED) is 0.198. The molecule has 0 bridgehead atoms. The molecular formula is C16H18Cl2O7. The highest BCUT2D eigenvalue weighted by molar-refractivity contribution is 6.27. The first-order chi connectivity index (χ1) is 12.0. The Hall–Kier alpha value is -1.67. The van der Waals surface area contributed by atoms with Gasteiger partial charge in [0.25, 0.3) is 0 Å². The second-order valence-electron chi connectivity index (χ2n) is 4.48. The van der Waals surface area contributed by atoms with Gasteiger partial charge in [-0.25, -0.2) is 0 Å². The van der Waals surface area contributed by atoms with Crippen LogP contribution in [0.4, 0.5) is 0 Å². The van der Waals surface area contributed by atoms with Crippen molar-refractivity contribution >= 4 is 40.9 Å². The van der Waals surface area contributed by atoms with Gasteiger partial charge in [-0.2, -0.15) is 0 Å². The van der Waals surface area contributed by atoms with Gasteiger partial charge in [0.1, 0.15) is 23.3 Å². The minimum Gasteiger partial charge on any atom is -0.426 e. The van der Waals surface area contributed by atoms with E-state index in [0.717, 1.165) is 0 Å². The van der Waals surface area contributed by atoms with Gasteiger partial charge in [-0.3, -0.25) is 14.4 Å². The highest BCUT2D eigenvalue weighted by Gasteiger charge is 2.25. The maximum Gasteiger partial charge on any atom is 0.326 e. The Balaban J connectivity index is 3.19. The zero-order chi connectivity index (χ0) is 18.8. The molecule has 0 aliphatic heterocycles. The second kappa shape index (κ2) is 11.0. The zero-order valence-corrected chi connectivity index (χ0v) is 15.3. The molecule has 0 spiro atoms. The fourth-order valence-electron chi connectivity index (χ4n) is 1.79. The number of ketones is 1. The molecule has 0 saturated heterocycles. The molecule has 9 heteroatoms. The van der Waals surface area contributed by atoms with E-state index in [4.69, 9.17) is 42.1 Å². The molecule has 0 heterocycles. The molecule has 0 saturated carbocycles. The number of benzene rings is 1. The summed E-state index contributed by atoms with van der Waals surface area (Å²) in [6, 6.07) is 3.92. The van der Waals surface area contributed by atoms with E-state index in [1.807, 2.05) is 0 Å². The number of hydrogen-bond acceptors (Lipinski definition) is 7. The Labute approximate surface area is 155 Å². The van der Waals surface area contributed by atoms with Crippen LogP contribution in [0.25, 0.3) is 0 Å². The van der Waals surface area contributed by atoms with E-state index < -0.39 is 29.9 Å². The number of hydrogen-bond donors (Lipinski definition) is 0. The normalized spacial score (nSPS) is 10.6. The summed E-state index contributed by atoms with van der Waals surface area (Å²) in [4.78, 5) is 35.4. The third-order valence-corrected chi connectivity index (χ3v) is 3.18. The van der Waals surface area contributed by atoms with Crippen molar-refractivity contribution in [1.29, 1.82) is 0 Å². The molecule has 0 aliphatic carbocycles. The molecule has 1 aromatic carbocycles. The summed E-state index contributed by atoms with van der Waals surface area (Å²) in [7, 11) is 0. The first-order valence-electron chi connectivity index (χ1n) is 7.41. The Bertz CT molecular complexity index is 613. The van der Waals surface area contributed by atoms with Gasteiger partial charge in [-0.05, 0) is 26.0 Å². The maximum absolute atomic E-state index is 12.6. The predicted octanol–water partition coefficient (Wildman–Crippen LogP) is 2.56. The fourth-order valence-corrected chi connectivity index (χ4v) is 1.90. The van der Waals surface area contributed by atoms with E-state index in [-0.39, 0.29) is 36.2 Å². The molecule has 0 radical (unpaired) electrons. The number of ether oxygens (including phenoxy) is 4. The summed E-state index contributed by atoms with van der Waals surface area (Å²) < 4.78 is 20.5. The van der Waals surface area contributed by atoms with Crippen molar-refractivity contribution in [2.24, 2.45) is 0 Å². The molecule has 0 unspecified atom stereocenters. The van der Waals surface area contributed by atoms with Gasteiger partial charge in [0.2, 0.25) is 12.1 Å². The van der Waals surface area contributed by atoms with Gasteiger partial charge in [-0.15, -0.1) is 23.2 Å². The van der Waals surface area contributed by atoms with Crippen LogP contribution < -0.4 is 9.47 Å². The average Bonchev–Trinajstić information content (AvgIpc) is 2.61. The summed E-state index contributed by atoms with van der Waals surface area (Å²) in [6.07, 6.45) is -1.15. The number of carbonyl (C=O) groups excluding carboxylic acids is 3. The molecule has 138 valence electrons. The fraction of sp³-hybridized carbons (Fsp3) is 0.438. The van der Waals surface area contributed by atoms with Gasteiger partial charge in [0.05, 0.1) is 5.56 Å². The molecule has 0 atom stereocenters. The molecular weight excluding hydrogens is 375 g/mol. The molecule has 0 amide bonds. The molecule has 1 aromatic rings. The number of halogens is 2. The van der Waals surface area contributed by atoms with Gasteiger partial charge >= 0.3 is 11.9 Å². The Kier molecular flexibility index (Phi) is 9.44. The largest absolute Gasteiger partial charge is 0.426 e. The van der Waals surface area contributed by atoms with E-state index in [1.54, 1.807) is 13.8 Å². The molecule has 7 nitrogen and oxygen atoms in total. The monoisotopic (exact) mass is 392 g/mol. The van der Waals surface area contributed by atoms with Crippen LogP contribution in [-0.2, 0) is 19.1 Å². The van der Waals surface area contributed by atoms with Crippen LogP contribution in [0.15, 0.2) is 18.2 Å². The van der Waals surface area contributed by atoms with Crippen LogP contribution in [0.3, 0.4) is 0 Å². The van der Waals surface area contributed by atoms with Crippen LogP contribution in [0.1, 0.15) is 24.2 Å². The summed E-state index contributed by atoms with van der Waals surface area (Å²) in [6.45, 7) is 3.92. The van der Waals surface area contributed by atoms with Crippen LogP contribution in [0.5, 0.6) is 11.5 Å². The lowest BCUT2D eigenvalue weighted by Crippen LogP contribution is -2.28. The molecule has 1 rings (SSSR count). The van der Waals surface area contributed by atoms with E-state index >= 15 is 0 Å². The van der Waals surface area contributed by atoms with Gasteiger partial charge in [0.15, 0.2) is 0 Å². The van der Waals surface area contributed by atoms with E-state index in [1.165, 1.54) is 18.2 Å². The lowest BCUT2D eigenvalue weighted by Gasteiger charge is -2.17. The number of alkyl halides is 2. The average molecular weight is 393 g/mol. The van der Waals surface area contributed by atoms with Gasteiger partial charge in [-0.1, -0.05) is 0 Å². The number of Topliss-reactive ketones (excluding diaryl/α,β-unsaturated/α-hetero) is 1. The summed E-state index contributed by atoms with van der Waals surface area (Å²) in [5.41, 5.74) is 0.0241. The number of carbonyl (C=O) groups is 3. The summed E-state index contributed by atoms with van der Waals surface area (Å²) in [5, 5.41) is 0.